The topological polar surface area (TPSA) is 50.4 Å². The molecule has 1 aliphatic rings. The monoisotopic (exact) mass is 266 g/mol. The Morgan fingerprint density at radius 1 is 1.53 bits per heavy atom. The summed E-state index contributed by atoms with van der Waals surface area (Å²) in [6.07, 6.45) is 2.98. The number of ether oxygens (including phenoxy) is 1. The summed E-state index contributed by atoms with van der Waals surface area (Å²) in [5.41, 5.74) is 0.514. The van der Waals surface area contributed by atoms with E-state index >= 15 is 0 Å². The van der Waals surface area contributed by atoms with Crippen molar-refractivity contribution in [2.75, 3.05) is 18.5 Å². The number of hydrogen-bond donors (Lipinski definition) is 2. The SMILES string of the molecule is CCOc1cc(F)ccc1NC(=O)C1CCCCN1. The summed E-state index contributed by atoms with van der Waals surface area (Å²) < 4.78 is 18.5. The molecule has 0 aromatic heterocycles. The third kappa shape index (κ3) is 3.67. The number of amides is 1. The van der Waals surface area contributed by atoms with Crippen LogP contribution in [0.3, 0.4) is 0 Å². The van der Waals surface area contributed by atoms with Crippen LogP contribution in [0.1, 0.15) is 26.2 Å². The van der Waals surface area contributed by atoms with Crippen LogP contribution in [-0.4, -0.2) is 25.1 Å². The maximum atomic E-state index is 13.2. The molecule has 1 aromatic rings. The summed E-state index contributed by atoms with van der Waals surface area (Å²) in [6.45, 7) is 3.10. The molecule has 0 radical (unpaired) electrons. The van der Waals surface area contributed by atoms with Crippen LogP contribution in [0.25, 0.3) is 0 Å². The van der Waals surface area contributed by atoms with Crippen LogP contribution in [0.5, 0.6) is 5.75 Å². The van der Waals surface area contributed by atoms with E-state index in [1.807, 2.05) is 6.92 Å². The number of halogens is 1. The highest BCUT2D eigenvalue weighted by molar-refractivity contribution is 5.96. The van der Waals surface area contributed by atoms with E-state index in [9.17, 15) is 9.18 Å². The number of rotatable bonds is 4. The summed E-state index contributed by atoms with van der Waals surface area (Å²) in [7, 11) is 0. The fraction of sp³-hybridized carbons (Fsp3) is 0.500. The second-order valence-electron chi connectivity index (χ2n) is 4.57. The van der Waals surface area contributed by atoms with Crippen molar-refractivity contribution in [1.29, 1.82) is 0 Å². The smallest absolute Gasteiger partial charge is 0.241 e. The lowest BCUT2D eigenvalue weighted by molar-refractivity contribution is -0.118. The second kappa shape index (κ2) is 6.52. The highest BCUT2D eigenvalue weighted by Gasteiger charge is 2.21. The minimum atomic E-state index is -0.378. The normalized spacial score (nSPS) is 18.9. The van der Waals surface area contributed by atoms with Crippen LogP contribution in [0.4, 0.5) is 10.1 Å². The van der Waals surface area contributed by atoms with Crippen molar-refractivity contribution in [3.63, 3.8) is 0 Å². The molecule has 1 atom stereocenters. The van der Waals surface area contributed by atoms with Gasteiger partial charge in [0.05, 0.1) is 18.3 Å². The molecule has 1 amide bonds. The fourth-order valence-corrected chi connectivity index (χ4v) is 2.17. The Morgan fingerprint density at radius 2 is 2.37 bits per heavy atom. The van der Waals surface area contributed by atoms with E-state index in [-0.39, 0.29) is 17.8 Å². The molecule has 1 aromatic carbocycles. The summed E-state index contributed by atoms with van der Waals surface area (Å²) in [6, 6.07) is 3.95. The minimum Gasteiger partial charge on any atom is -0.492 e. The molecule has 1 fully saturated rings. The molecule has 0 aliphatic carbocycles. The minimum absolute atomic E-state index is 0.0905. The van der Waals surface area contributed by atoms with Gasteiger partial charge in [-0.3, -0.25) is 4.79 Å². The molecule has 5 heteroatoms. The first-order valence-electron chi connectivity index (χ1n) is 6.67. The lowest BCUT2D eigenvalue weighted by Gasteiger charge is -2.23. The Balaban J connectivity index is 2.06. The first-order valence-corrected chi connectivity index (χ1v) is 6.67. The van der Waals surface area contributed by atoms with Crippen molar-refractivity contribution in [2.45, 2.75) is 32.2 Å². The molecule has 4 nitrogen and oxygen atoms in total. The standard InChI is InChI=1S/C14H19FN2O2/c1-2-19-13-9-10(15)6-7-11(13)17-14(18)12-5-3-4-8-16-12/h6-7,9,12,16H,2-5,8H2,1H3,(H,17,18). The van der Waals surface area contributed by atoms with E-state index in [0.29, 0.717) is 18.0 Å². The van der Waals surface area contributed by atoms with Gasteiger partial charge in [-0.15, -0.1) is 0 Å². The zero-order valence-corrected chi connectivity index (χ0v) is 11.0. The zero-order valence-electron chi connectivity index (χ0n) is 11.0. The van der Waals surface area contributed by atoms with E-state index in [1.54, 1.807) is 0 Å². The van der Waals surface area contributed by atoms with Crippen LogP contribution in [-0.2, 0) is 4.79 Å². The Bertz CT molecular complexity index is 445. The molecule has 104 valence electrons. The molecule has 1 heterocycles. The second-order valence-corrected chi connectivity index (χ2v) is 4.57. The van der Waals surface area contributed by atoms with Gasteiger partial charge in [-0.1, -0.05) is 6.42 Å². The number of anilines is 1. The molecule has 0 bridgehead atoms. The van der Waals surface area contributed by atoms with E-state index < -0.39 is 0 Å². The summed E-state index contributed by atoms with van der Waals surface area (Å²) in [4.78, 5) is 12.1. The Kier molecular flexibility index (Phi) is 4.74. The first kappa shape index (κ1) is 13.8. The van der Waals surface area contributed by atoms with Crippen molar-refractivity contribution >= 4 is 11.6 Å². The van der Waals surface area contributed by atoms with Gasteiger partial charge in [-0.05, 0) is 38.4 Å². The predicted molar refractivity (Wildman–Crippen MR) is 71.8 cm³/mol. The van der Waals surface area contributed by atoms with Crippen molar-refractivity contribution < 1.29 is 13.9 Å². The number of carbonyl (C=O) groups excluding carboxylic acids is 1. The lowest BCUT2D eigenvalue weighted by Crippen LogP contribution is -2.43. The van der Waals surface area contributed by atoms with Gasteiger partial charge in [0, 0.05) is 6.07 Å². The largest absolute Gasteiger partial charge is 0.492 e. The average molecular weight is 266 g/mol. The van der Waals surface area contributed by atoms with E-state index in [1.165, 1.54) is 18.2 Å². The van der Waals surface area contributed by atoms with Gasteiger partial charge < -0.3 is 15.4 Å². The summed E-state index contributed by atoms with van der Waals surface area (Å²) >= 11 is 0. The Labute approximate surface area is 112 Å². The number of hydrogen-bond acceptors (Lipinski definition) is 3. The number of piperidine rings is 1. The Morgan fingerprint density at radius 3 is 3.05 bits per heavy atom. The molecule has 1 aliphatic heterocycles. The average Bonchev–Trinajstić information content (AvgIpc) is 2.43. The van der Waals surface area contributed by atoms with Gasteiger partial charge >= 0.3 is 0 Å². The number of benzene rings is 1. The van der Waals surface area contributed by atoms with Crippen LogP contribution < -0.4 is 15.4 Å². The van der Waals surface area contributed by atoms with Crippen molar-refractivity contribution in [2.24, 2.45) is 0 Å². The quantitative estimate of drug-likeness (QED) is 0.879. The van der Waals surface area contributed by atoms with Crippen molar-refractivity contribution in [1.82, 2.24) is 5.32 Å². The van der Waals surface area contributed by atoms with Crippen LogP contribution in [0.15, 0.2) is 18.2 Å². The summed E-state index contributed by atoms with van der Waals surface area (Å²) in [5.74, 6) is -0.101. The van der Waals surface area contributed by atoms with Crippen molar-refractivity contribution in [3.8, 4) is 5.75 Å². The lowest BCUT2D eigenvalue weighted by atomic mass is 10.0. The third-order valence-corrected chi connectivity index (χ3v) is 3.13. The highest BCUT2D eigenvalue weighted by atomic mass is 19.1. The van der Waals surface area contributed by atoms with Crippen LogP contribution in [0.2, 0.25) is 0 Å². The molecule has 0 saturated carbocycles. The van der Waals surface area contributed by atoms with Gasteiger partial charge in [-0.2, -0.15) is 0 Å². The van der Waals surface area contributed by atoms with E-state index in [0.717, 1.165) is 25.8 Å². The van der Waals surface area contributed by atoms with E-state index in [2.05, 4.69) is 10.6 Å². The molecular formula is C14H19FN2O2. The summed E-state index contributed by atoms with van der Waals surface area (Å²) in [5, 5.41) is 5.97. The van der Waals surface area contributed by atoms with Crippen LogP contribution >= 0.6 is 0 Å². The molecule has 2 rings (SSSR count). The maximum absolute atomic E-state index is 13.2. The number of nitrogens with one attached hydrogen (secondary N) is 2. The highest BCUT2D eigenvalue weighted by Crippen LogP contribution is 2.26. The van der Waals surface area contributed by atoms with Gasteiger partial charge in [-0.25, -0.2) is 4.39 Å². The Hall–Kier alpha value is -1.62. The van der Waals surface area contributed by atoms with Crippen LogP contribution in [0, 0.1) is 5.82 Å². The maximum Gasteiger partial charge on any atom is 0.241 e. The zero-order chi connectivity index (χ0) is 13.7. The van der Waals surface area contributed by atoms with Gasteiger partial charge in [0.15, 0.2) is 0 Å². The fourth-order valence-electron chi connectivity index (χ4n) is 2.17. The first-order chi connectivity index (χ1) is 9.20. The van der Waals surface area contributed by atoms with Gasteiger partial charge in [0.25, 0.3) is 0 Å². The molecule has 19 heavy (non-hydrogen) atoms. The van der Waals surface area contributed by atoms with Gasteiger partial charge in [0.1, 0.15) is 11.6 Å². The predicted octanol–water partition coefficient (Wildman–Crippen LogP) is 2.30. The molecule has 1 saturated heterocycles. The van der Waals surface area contributed by atoms with Gasteiger partial charge in [0.2, 0.25) is 5.91 Å². The molecule has 2 N–H and O–H groups in total. The van der Waals surface area contributed by atoms with E-state index in [4.69, 9.17) is 4.74 Å². The molecule has 1 unspecified atom stereocenters. The van der Waals surface area contributed by atoms with Crippen molar-refractivity contribution in [3.05, 3.63) is 24.0 Å². The number of carbonyl (C=O) groups is 1. The third-order valence-electron chi connectivity index (χ3n) is 3.13. The molecule has 0 spiro atoms. The molecular weight excluding hydrogens is 247 g/mol.